The van der Waals surface area contributed by atoms with Gasteiger partial charge in [-0.05, 0) is 43.2 Å². The van der Waals surface area contributed by atoms with Crippen LogP contribution < -0.4 is 20.7 Å². The second kappa shape index (κ2) is 11.6. The molecule has 0 aliphatic rings. The molecule has 0 unspecified atom stereocenters. The summed E-state index contributed by atoms with van der Waals surface area (Å²) in [7, 11) is 0. The molecule has 3 N–H and O–H groups in total. The maximum absolute atomic E-state index is 12.2. The molecule has 0 fully saturated rings. The molecule has 2 rings (SSSR count). The van der Waals surface area contributed by atoms with E-state index in [0.717, 1.165) is 30.7 Å². The first-order valence-electron chi connectivity index (χ1n) is 9.77. The van der Waals surface area contributed by atoms with Crippen molar-refractivity contribution in [2.24, 2.45) is 0 Å². The van der Waals surface area contributed by atoms with Crippen LogP contribution in [0.15, 0.2) is 48.5 Å². The third kappa shape index (κ3) is 7.31. The standard InChI is InChI=1S/C22H29N3O3/c1-3-5-12-23-22(27)17-8-6-10-19(14-17)25-21(26)16-24-18-9-7-11-20(15-18)28-13-4-2/h6-11,14-15,24H,3-5,12-13,16H2,1-2H3,(H,23,27)(H,25,26). The van der Waals surface area contributed by atoms with E-state index in [1.807, 2.05) is 24.3 Å². The first kappa shape index (κ1) is 21.3. The summed E-state index contributed by atoms with van der Waals surface area (Å²) in [5.74, 6) is 0.448. The van der Waals surface area contributed by atoms with Crippen LogP contribution in [0.3, 0.4) is 0 Å². The fraction of sp³-hybridized carbons (Fsp3) is 0.364. The summed E-state index contributed by atoms with van der Waals surface area (Å²) in [5, 5.41) is 8.76. The predicted molar refractivity (Wildman–Crippen MR) is 113 cm³/mol. The second-order valence-corrected chi connectivity index (χ2v) is 6.47. The zero-order valence-corrected chi connectivity index (χ0v) is 16.6. The molecular formula is C22H29N3O3. The lowest BCUT2D eigenvalue weighted by atomic mass is 10.2. The lowest BCUT2D eigenvalue weighted by molar-refractivity contribution is -0.114. The number of amides is 2. The molecule has 2 amide bonds. The van der Waals surface area contributed by atoms with Gasteiger partial charge in [-0.3, -0.25) is 9.59 Å². The predicted octanol–water partition coefficient (Wildman–Crippen LogP) is 4.06. The van der Waals surface area contributed by atoms with Crippen molar-refractivity contribution >= 4 is 23.2 Å². The maximum Gasteiger partial charge on any atom is 0.251 e. The molecule has 0 spiro atoms. The highest BCUT2D eigenvalue weighted by Crippen LogP contribution is 2.17. The van der Waals surface area contributed by atoms with Crippen LogP contribution in [0.4, 0.5) is 11.4 Å². The number of anilines is 2. The van der Waals surface area contributed by atoms with Gasteiger partial charge in [0, 0.05) is 29.5 Å². The Labute approximate surface area is 166 Å². The molecule has 0 bridgehead atoms. The van der Waals surface area contributed by atoms with Crippen molar-refractivity contribution in [2.75, 3.05) is 30.3 Å². The molecule has 0 saturated carbocycles. The summed E-state index contributed by atoms with van der Waals surface area (Å²) < 4.78 is 5.59. The Morgan fingerprint density at radius 2 is 1.75 bits per heavy atom. The van der Waals surface area contributed by atoms with Crippen LogP contribution in [0.25, 0.3) is 0 Å². The van der Waals surface area contributed by atoms with E-state index < -0.39 is 0 Å². The summed E-state index contributed by atoms with van der Waals surface area (Å²) >= 11 is 0. The van der Waals surface area contributed by atoms with E-state index in [9.17, 15) is 9.59 Å². The lowest BCUT2D eigenvalue weighted by Crippen LogP contribution is -2.25. The number of carbonyl (C=O) groups is 2. The summed E-state index contributed by atoms with van der Waals surface area (Å²) in [4.78, 5) is 24.4. The SMILES string of the molecule is CCCCNC(=O)c1cccc(NC(=O)CNc2cccc(OCCC)c2)c1. The molecule has 0 atom stereocenters. The Morgan fingerprint density at radius 3 is 2.54 bits per heavy atom. The summed E-state index contributed by atoms with van der Waals surface area (Å²) in [6, 6.07) is 14.4. The van der Waals surface area contributed by atoms with Crippen LogP contribution in [-0.2, 0) is 4.79 Å². The van der Waals surface area contributed by atoms with Crippen molar-refractivity contribution in [1.29, 1.82) is 0 Å². The van der Waals surface area contributed by atoms with Gasteiger partial charge in [0.2, 0.25) is 5.91 Å². The molecule has 0 aromatic heterocycles. The first-order chi connectivity index (χ1) is 13.6. The van der Waals surface area contributed by atoms with Crippen molar-refractivity contribution < 1.29 is 14.3 Å². The van der Waals surface area contributed by atoms with Gasteiger partial charge in [0.15, 0.2) is 0 Å². The molecule has 6 heteroatoms. The average molecular weight is 383 g/mol. The van der Waals surface area contributed by atoms with Crippen LogP contribution in [0.1, 0.15) is 43.5 Å². The van der Waals surface area contributed by atoms with E-state index >= 15 is 0 Å². The van der Waals surface area contributed by atoms with Gasteiger partial charge in [-0.15, -0.1) is 0 Å². The molecule has 0 aliphatic carbocycles. The number of nitrogens with one attached hydrogen (secondary N) is 3. The number of unbranched alkanes of at least 4 members (excludes halogenated alkanes) is 1. The minimum absolute atomic E-state index is 0.115. The highest BCUT2D eigenvalue weighted by Gasteiger charge is 2.08. The van der Waals surface area contributed by atoms with Crippen molar-refractivity contribution in [3.8, 4) is 5.75 Å². The Kier molecular flexibility index (Phi) is 8.85. The minimum Gasteiger partial charge on any atom is -0.494 e. The average Bonchev–Trinajstić information content (AvgIpc) is 2.71. The molecule has 0 radical (unpaired) electrons. The van der Waals surface area contributed by atoms with E-state index in [0.29, 0.717) is 24.4 Å². The van der Waals surface area contributed by atoms with Gasteiger partial charge in [0.1, 0.15) is 5.75 Å². The number of benzene rings is 2. The third-order valence-electron chi connectivity index (χ3n) is 3.98. The fourth-order valence-electron chi connectivity index (χ4n) is 2.52. The summed E-state index contributed by atoms with van der Waals surface area (Å²) in [6.45, 7) is 5.55. The molecule has 2 aromatic rings. The Morgan fingerprint density at radius 1 is 0.964 bits per heavy atom. The van der Waals surface area contributed by atoms with Crippen molar-refractivity contribution in [3.63, 3.8) is 0 Å². The van der Waals surface area contributed by atoms with Crippen LogP contribution in [0, 0.1) is 0 Å². The van der Waals surface area contributed by atoms with Gasteiger partial charge in [0.05, 0.1) is 13.2 Å². The number of rotatable bonds is 11. The van der Waals surface area contributed by atoms with E-state index in [4.69, 9.17) is 4.74 Å². The van der Waals surface area contributed by atoms with Crippen LogP contribution in [0.5, 0.6) is 5.75 Å². The van der Waals surface area contributed by atoms with Gasteiger partial charge in [0.25, 0.3) is 5.91 Å². The minimum atomic E-state index is -0.191. The van der Waals surface area contributed by atoms with E-state index in [1.54, 1.807) is 24.3 Å². The highest BCUT2D eigenvalue weighted by molar-refractivity contribution is 5.98. The lowest BCUT2D eigenvalue weighted by Gasteiger charge is -2.11. The Hall–Kier alpha value is -3.02. The molecular weight excluding hydrogens is 354 g/mol. The summed E-state index contributed by atoms with van der Waals surface area (Å²) in [5.41, 5.74) is 1.94. The van der Waals surface area contributed by atoms with Gasteiger partial charge in [-0.2, -0.15) is 0 Å². The van der Waals surface area contributed by atoms with E-state index in [-0.39, 0.29) is 18.4 Å². The van der Waals surface area contributed by atoms with Gasteiger partial charge in [-0.25, -0.2) is 0 Å². The smallest absolute Gasteiger partial charge is 0.251 e. The maximum atomic E-state index is 12.2. The largest absolute Gasteiger partial charge is 0.494 e. The molecule has 0 aliphatic heterocycles. The van der Waals surface area contributed by atoms with Crippen molar-refractivity contribution in [2.45, 2.75) is 33.1 Å². The fourth-order valence-corrected chi connectivity index (χ4v) is 2.52. The number of carbonyl (C=O) groups excluding carboxylic acids is 2. The second-order valence-electron chi connectivity index (χ2n) is 6.47. The van der Waals surface area contributed by atoms with Crippen LogP contribution in [0.2, 0.25) is 0 Å². The Bertz CT molecular complexity index is 777. The molecule has 0 saturated heterocycles. The van der Waals surface area contributed by atoms with Crippen LogP contribution >= 0.6 is 0 Å². The molecule has 0 heterocycles. The van der Waals surface area contributed by atoms with E-state index in [1.165, 1.54) is 0 Å². The quantitative estimate of drug-likeness (QED) is 0.511. The van der Waals surface area contributed by atoms with Gasteiger partial charge >= 0.3 is 0 Å². The molecule has 6 nitrogen and oxygen atoms in total. The molecule has 150 valence electrons. The zero-order chi connectivity index (χ0) is 20.2. The normalized spacial score (nSPS) is 10.2. The number of hydrogen-bond acceptors (Lipinski definition) is 4. The zero-order valence-electron chi connectivity index (χ0n) is 16.6. The van der Waals surface area contributed by atoms with E-state index in [2.05, 4.69) is 29.8 Å². The topological polar surface area (TPSA) is 79.5 Å². The number of ether oxygens (including phenoxy) is 1. The highest BCUT2D eigenvalue weighted by atomic mass is 16.5. The van der Waals surface area contributed by atoms with Crippen molar-refractivity contribution in [1.82, 2.24) is 5.32 Å². The molecule has 28 heavy (non-hydrogen) atoms. The Balaban J connectivity index is 1.86. The number of hydrogen-bond donors (Lipinski definition) is 3. The van der Waals surface area contributed by atoms with Crippen molar-refractivity contribution in [3.05, 3.63) is 54.1 Å². The monoisotopic (exact) mass is 383 g/mol. The van der Waals surface area contributed by atoms with Gasteiger partial charge in [-0.1, -0.05) is 32.4 Å². The van der Waals surface area contributed by atoms with Gasteiger partial charge < -0.3 is 20.7 Å². The first-order valence-corrected chi connectivity index (χ1v) is 9.77. The summed E-state index contributed by atoms with van der Waals surface area (Å²) in [6.07, 6.45) is 2.91. The third-order valence-corrected chi connectivity index (χ3v) is 3.98. The van der Waals surface area contributed by atoms with Crippen LogP contribution in [-0.4, -0.2) is 31.5 Å². The molecule has 2 aromatic carbocycles.